The molecule has 0 aromatic rings. The van der Waals surface area contributed by atoms with Gasteiger partial charge in [-0.1, -0.05) is 298 Å². The molecule has 0 aliphatic heterocycles. The predicted octanol–water partition coefficient (Wildman–Crippen LogP) is 20.5. The molecule has 0 amide bonds. The average molecular weight is 976 g/mol. The summed E-state index contributed by atoms with van der Waals surface area (Å²) in [6, 6.07) is 0. The van der Waals surface area contributed by atoms with Crippen LogP contribution in [-0.4, -0.2) is 36.4 Å². The van der Waals surface area contributed by atoms with Crippen LogP contribution in [0.1, 0.15) is 296 Å². The standard InChI is InChI=1S/C65H114O5/c1-3-5-7-9-11-13-15-17-19-21-23-25-27-29-30-31-32-33-34-36-38-40-42-44-46-48-50-52-54-56-58-60-65(68)70-63(61-66)62-69-64(67)59-57-55-53-51-49-47-45-43-41-39-37-35-28-26-24-22-20-18-16-14-12-10-8-6-4-2/h5,7,11,13,17,19,23,25,29-30,32-33,36,38,63,66H,3-4,6,8-10,12,14-16,18,20-22,24,26-28,31,34-35,37,39-62H2,1-2H3/b7-5-,13-11-,19-17-,25-23-,30-29-,33-32-,38-36-. The molecule has 0 aliphatic carbocycles. The van der Waals surface area contributed by atoms with Crippen molar-refractivity contribution >= 4 is 11.9 Å². The minimum Gasteiger partial charge on any atom is -0.462 e. The van der Waals surface area contributed by atoms with Crippen LogP contribution in [0.2, 0.25) is 0 Å². The molecule has 1 unspecified atom stereocenters. The molecule has 0 bridgehead atoms. The van der Waals surface area contributed by atoms with E-state index >= 15 is 0 Å². The molecular formula is C65H114O5. The van der Waals surface area contributed by atoms with Gasteiger partial charge in [0.15, 0.2) is 6.10 Å². The highest BCUT2D eigenvalue weighted by molar-refractivity contribution is 5.70. The topological polar surface area (TPSA) is 72.8 Å². The van der Waals surface area contributed by atoms with E-state index < -0.39 is 6.10 Å². The van der Waals surface area contributed by atoms with Gasteiger partial charge < -0.3 is 14.6 Å². The molecule has 70 heavy (non-hydrogen) atoms. The van der Waals surface area contributed by atoms with E-state index in [1.54, 1.807) is 0 Å². The van der Waals surface area contributed by atoms with Crippen molar-refractivity contribution in [1.29, 1.82) is 0 Å². The second-order valence-corrected chi connectivity index (χ2v) is 20.1. The van der Waals surface area contributed by atoms with Gasteiger partial charge in [0.2, 0.25) is 0 Å². The molecule has 0 radical (unpaired) electrons. The van der Waals surface area contributed by atoms with Gasteiger partial charge in [-0.2, -0.15) is 0 Å². The lowest BCUT2D eigenvalue weighted by atomic mass is 10.0. The number of aliphatic hydroxyl groups excluding tert-OH is 1. The predicted molar refractivity (Wildman–Crippen MR) is 306 cm³/mol. The van der Waals surface area contributed by atoms with Crippen LogP contribution in [0.5, 0.6) is 0 Å². The molecule has 0 saturated carbocycles. The zero-order valence-corrected chi connectivity index (χ0v) is 46.3. The van der Waals surface area contributed by atoms with Gasteiger partial charge in [0, 0.05) is 12.8 Å². The first kappa shape index (κ1) is 67.1. The molecule has 0 saturated heterocycles. The van der Waals surface area contributed by atoms with Gasteiger partial charge in [0.05, 0.1) is 6.61 Å². The van der Waals surface area contributed by atoms with Crippen molar-refractivity contribution in [3.8, 4) is 0 Å². The Bertz CT molecular complexity index is 1290. The van der Waals surface area contributed by atoms with Crippen LogP contribution in [0.4, 0.5) is 0 Å². The Morgan fingerprint density at radius 3 is 0.929 bits per heavy atom. The van der Waals surface area contributed by atoms with E-state index in [4.69, 9.17) is 9.47 Å². The van der Waals surface area contributed by atoms with Crippen molar-refractivity contribution in [3.63, 3.8) is 0 Å². The highest BCUT2D eigenvalue weighted by Crippen LogP contribution is 2.17. The summed E-state index contributed by atoms with van der Waals surface area (Å²) in [7, 11) is 0. The lowest BCUT2D eigenvalue weighted by molar-refractivity contribution is -0.161. The monoisotopic (exact) mass is 975 g/mol. The van der Waals surface area contributed by atoms with Gasteiger partial charge in [0.25, 0.3) is 0 Å². The Morgan fingerprint density at radius 1 is 0.343 bits per heavy atom. The Kier molecular flexibility index (Phi) is 57.9. The van der Waals surface area contributed by atoms with Crippen LogP contribution in [0.15, 0.2) is 85.1 Å². The molecule has 0 heterocycles. The highest BCUT2D eigenvalue weighted by atomic mass is 16.6. The quantitative estimate of drug-likeness (QED) is 0.0373. The van der Waals surface area contributed by atoms with Gasteiger partial charge in [-0.05, 0) is 70.6 Å². The van der Waals surface area contributed by atoms with Gasteiger partial charge >= 0.3 is 11.9 Å². The van der Waals surface area contributed by atoms with Gasteiger partial charge in [-0.25, -0.2) is 0 Å². The number of carbonyl (C=O) groups excluding carboxylic acids is 2. The number of hydrogen-bond donors (Lipinski definition) is 1. The molecule has 0 spiro atoms. The molecule has 5 nitrogen and oxygen atoms in total. The lowest BCUT2D eigenvalue weighted by Gasteiger charge is -2.15. The summed E-state index contributed by atoms with van der Waals surface area (Å²) in [5.41, 5.74) is 0. The molecule has 0 aliphatic rings. The number of hydrogen-bond acceptors (Lipinski definition) is 5. The van der Waals surface area contributed by atoms with Crippen molar-refractivity contribution in [3.05, 3.63) is 85.1 Å². The maximum absolute atomic E-state index is 12.3. The Hall–Kier alpha value is -2.92. The number of aliphatic hydroxyl groups is 1. The fourth-order valence-corrected chi connectivity index (χ4v) is 8.71. The summed E-state index contributed by atoms with van der Waals surface area (Å²) in [4.78, 5) is 24.6. The van der Waals surface area contributed by atoms with Crippen LogP contribution in [0, 0.1) is 0 Å². The van der Waals surface area contributed by atoms with Crippen molar-refractivity contribution < 1.29 is 24.2 Å². The summed E-state index contributed by atoms with van der Waals surface area (Å²) in [6.45, 7) is 4.06. The van der Waals surface area contributed by atoms with Crippen molar-refractivity contribution in [2.75, 3.05) is 13.2 Å². The number of rotatable bonds is 55. The van der Waals surface area contributed by atoms with E-state index in [-0.39, 0.29) is 25.2 Å². The minimum atomic E-state index is -0.779. The fourth-order valence-electron chi connectivity index (χ4n) is 8.71. The van der Waals surface area contributed by atoms with E-state index in [0.29, 0.717) is 12.8 Å². The van der Waals surface area contributed by atoms with Crippen LogP contribution >= 0.6 is 0 Å². The van der Waals surface area contributed by atoms with E-state index in [0.717, 1.165) is 89.9 Å². The third kappa shape index (κ3) is 57.7. The van der Waals surface area contributed by atoms with Crippen LogP contribution in [0.3, 0.4) is 0 Å². The molecule has 1 N–H and O–H groups in total. The second kappa shape index (κ2) is 60.4. The fraction of sp³-hybridized carbons (Fsp3) is 0.754. The molecule has 0 aromatic carbocycles. The molecule has 0 aromatic heterocycles. The molecule has 5 heteroatoms. The number of esters is 2. The number of unbranched alkanes of at least 4 members (excludes halogenated alkanes) is 33. The summed E-state index contributed by atoms with van der Waals surface area (Å²) in [5, 5.41) is 9.67. The van der Waals surface area contributed by atoms with Crippen LogP contribution in [0.25, 0.3) is 0 Å². The first-order chi connectivity index (χ1) is 34.6. The Labute approximate surface area is 435 Å². The third-order valence-corrected chi connectivity index (χ3v) is 13.2. The summed E-state index contributed by atoms with van der Waals surface area (Å²) >= 11 is 0. The van der Waals surface area contributed by atoms with E-state index in [1.165, 1.54) is 180 Å². The Morgan fingerprint density at radius 2 is 0.614 bits per heavy atom. The molecular weight excluding hydrogens is 861 g/mol. The van der Waals surface area contributed by atoms with Gasteiger partial charge in [-0.15, -0.1) is 0 Å². The van der Waals surface area contributed by atoms with Crippen LogP contribution < -0.4 is 0 Å². The third-order valence-electron chi connectivity index (χ3n) is 13.2. The summed E-state index contributed by atoms with van der Waals surface area (Å²) in [6.07, 6.45) is 84.2. The first-order valence-electron chi connectivity index (χ1n) is 30.1. The van der Waals surface area contributed by atoms with Crippen molar-refractivity contribution in [2.45, 2.75) is 302 Å². The second-order valence-electron chi connectivity index (χ2n) is 20.1. The molecule has 404 valence electrons. The number of allylic oxidation sites excluding steroid dienone is 14. The molecule has 0 rings (SSSR count). The number of ether oxygens (including phenoxy) is 2. The van der Waals surface area contributed by atoms with E-state index in [9.17, 15) is 14.7 Å². The van der Waals surface area contributed by atoms with E-state index in [2.05, 4.69) is 98.9 Å². The molecule has 0 fully saturated rings. The summed E-state index contributed by atoms with van der Waals surface area (Å²) < 4.78 is 10.7. The minimum absolute atomic E-state index is 0.0683. The lowest BCUT2D eigenvalue weighted by Crippen LogP contribution is -2.28. The van der Waals surface area contributed by atoms with Gasteiger partial charge in [0.1, 0.15) is 6.61 Å². The highest BCUT2D eigenvalue weighted by Gasteiger charge is 2.16. The van der Waals surface area contributed by atoms with Gasteiger partial charge in [-0.3, -0.25) is 9.59 Å². The average Bonchev–Trinajstić information content (AvgIpc) is 3.36. The van der Waals surface area contributed by atoms with E-state index in [1.807, 2.05) is 0 Å². The van der Waals surface area contributed by atoms with Crippen molar-refractivity contribution in [1.82, 2.24) is 0 Å². The van der Waals surface area contributed by atoms with Crippen LogP contribution in [-0.2, 0) is 19.1 Å². The SMILES string of the molecule is CC/C=C\C/C=C\C/C=C\C/C=C\C/C=C\C/C=C\C/C=C\CCCCCCCCCCCC(=O)OC(CO)COC(=O)CCCCCCCCCCCCCCCCCCCCCCCCCCC. The number of carbonyl (C=O) groups is 2. The molecule has 1 atom stereocenters. The summed E-state index contributed by atoms with van der Waals surface area (Å²) in [5.74, 6) is -0.588. The zero-order chi connectivity index (χ0) is 50.6. The maximum atomic E-state index is 12.3. The largest absolute Gasteiger partial charge is 0.462 e. The normalized spacial score (nSPS) is 12.8. The van der Waals surface area contributed by atoms with Crippen molar-refractivity contribution in [2.24, 2.45) is 0 Å². The first-order valence-corrected chi connectivity index (χ1v) is 30.1. The zero-order valence-electron chi connectivity index (χ0n) is 46.3. The maximum Gasteiger partial charge on any atom is 0.306 e. The Balaban J connectivity index is 3.51. The smallest absolute Gasteiger partial charge is 0.306 e.